The molecule has 0 aliphatic heterocycles. The van der Waals surface area contributed by atoms with Gasteiger partial charge in [0.2, 0.25) is 5.95 Å². The third-order valence-corrected chi connectivity index (χ3v) is 3.08. The molecular weight excluding hydrogens is 214 g/mol. The molecule has 88 valence electrons. The molecule has 2 aromatic rings. The van der Waals surface area contributed by atoms with E-state index >= 15 is 0 Å². The molecule has 1 heterocycles. The first-order valence-electron chi connectivity index (χ1n) is 5.92. The molecule has 1 saturated carbocycles. The van der Waals surface area contributed by atoms with Crippen LogP contribution in [0.4, 0.5) is 5.95 Å². The Morgan fingerprint density at radius 2 is 2.00 bits per heavy atom. The van der Waals surface area contributed by atoms with E-state index in [1.54, 1.807) is 0 Å². The quantitative estimate of drug-likeness (QED) is 0.823. The van der Waals surface area contributed by atoms with Gasteiger partial charge in [-0.05, 0) is 30.9 Å². The van der Waals surface area contributed by atoms with Crippen LogP contribution in [0.3, 0.4) is 0 Å². The maximum Gasteiger partial charge on any atom is 0.243 e. The number of hydrogen-bond acceptors (Lipinski definition) is 5. The Hall–Kier alpha value is -1.75. The highest BCUT2D eigenvalue weighted by Gasteiger charge is 2.28. The molecule has 0 spiro atoms. The number of anilines is 1. The Morgan fingerprint density at radius 3 is 2.76 bits per heavy atom. The summed E-state index contributed by atoms with van der Waals surface area (Å²) in [6.07, 6.45) is 2.50. The van der Waals surface area contributed by atoms with Crippen molar-refractivity contribution in [1.29, 1.82) is 0 Å². The summed E-state index contributed by atoms with van der Waals surface area (Å²) in [5.74, 6) is 1.23. The van der Waals surface area contributed by atoms with Gasteiger partial charge in [0.05, 0.1) is 5.52 Å². The van der Waals surface area contributed by atoms with Crippen LogP contribution in [-0.4, -0.2) is 27.8 Å². The van der Waals surface area contributed by atoms with Crippen molar-refractivity contribution in [3.05, 3.63) is 24.3 Å². The molecule has 1 aromatic carbocycles. The highest BCUT2D eigenvalue weighted by molar-refractivity contribution is 5.73. The first-order chi connectivity index (χ1) is 8.33. The lowest BCUT2D eigenvalue weighted by Gasteiger charge is -2.10. The van der Waals surface area contributed by atoms with Gasteiger partial charge >= 0.3 is 0 Å². The van der Waals surface area contributed by atoms with Gasteiger partial charge in [0.1, 0.15) is 5.52 Å². The number of nitrogens with one attached hydrogen (secondary N) is 1. The Kier molecular flexibility index (Phi) is 2.60. The van der Waals surface area contributed by atoms with Crippen LogP contribution >= 0.6 is 0 Å². The molecule has 5 nitrogen and oxygen atoms in total. The molecule has 3 N–H and O–H groups in total. The predicted octanol–water partition coefficient (Wildman–Crippen LogP) is 1.17. The largest absolute Gasteiger partial charge is 0.351 e. The molecule has 0 saturated heterocycles. The summed E-state index contributed by atoms with van der Waals surface area (Å²) in [4.78, 5) is 4.39. The monoisotopic (exact) mass is 229 g/mol. The number of aromatic nitrogens is 3. The van der Waals surface area contributed by atoms with E-state index < -0.39 is 0 Å². The first-order valence-corrected chi connectivity index (χ1v) is 5.92. The van der Waals surface area contributed by atoms with Crippen LogP contribution in [-0.2, 0) is 0 Å². The zero-order chi connectivity index (χ0) is 11.7. The standard InChI is InChI=1S/C12H15N5/c13-9(8-5-6-8)7-14-12-15-10-3-1-2-4-11(10)16-17-12/h1-4,8-9H,5-7,13H2,(H,14,15,17). The summed E-state index contributed by atoms with van der Waals surface area (Å²) in [6, 6.07) is 7.89. The minimum Gasteiger partial charge on any atom is -0.351 e. The molecule has 1 atom stereocenters. The highest BCUT2D eigenvalue weighted by atomic mass is 15.2. The number of hydrogen-bond donors (Lipinski definition) is 2. The molecule has 5 heteroatoms. The van der Waals surface area contributed by atoms with Crippen molar-refractivity contribution in [3.8, 4) is 0 Å². The zero-order valence-electron chi connectivity index (χ0n) is 9.50. The van der Waals surface area contributed by atoms with Crippen molar-refractivity contribution in [3.63, 3.8) is 0 Å². The third kappa shape index (κ3) is 2.34. The molecular formula is C12H15N5. The summed E-state index contributed by atoms with van der Waals surface area (Å²) in [7, 11) is 0. The maximum atomic E-state index is 6.00. The Labute approximate surface area is 99.4 Å². The molecule has 1 unspecified atom stereocenters. The maximum absolute atomic E-state index is 6.00. The minimum atomic E-state index is 0.199. The van der Waals surface area contributed by atoms with E-state index in [0.29, 0.717) is 18.4 Å². The fourth-order valence-corrected chi connectivity index (χ4v) is 1.86. The summed E-state index contributed by atoms with van der Waals surface area (Å²) in [5, 5.41) is 11.3. The molecule has 3 rings (SSSR count). The van der Waals surface area contributed by atoms with Crippen LogP contribution in [0.2, 0.25) is 0 Å². The molecule has 1 fully saturated rings. The van der Waals surface area contributed by atoms with Crippen LogP contribution in [0, 0.1) is 5.92 Å². The average molecular weight is 229 g/mol. The van der Waals surface area contributed by atoms with Crippen molar-refractivity contribution in [2.24, 2.45) is 11.7 Å². The number of fused-ring (bicyclic) bond motifs is 1. The second-order valence-corrected chi connectivity index (χ2v) is 4.51. The Bertz CT molecular complexity index is 523. The second-order valence-electron chi connectivity index (χ2n) is 4.51. The Morgan fingerprint density at radius 1 is 1.24 bits per heavy atom. The number of nitrogens with zero attached hydrogens (tertiary/aromatic N) is 3. The molecule has 0 bridgehead atoms. The SMILES string of the molecule is NC(CNc1nnc2ccccc2n1)C1CC1. The third-order valence-electron chi connectivity index (χ3n) is 3.08. The predicted molar refractivity (Wildman–Crippen MR) is 66.5 cm³/mol. The summed E-state index contributed by atoms with van der Waals surface area (Å²) < 4.78 is 0. The van der Waals surface area contributed by atoms with Crippen molar-refractivity contribution < 1.29 is 0 Å². The number of nitrogens with two attached hydrogens (primary N) is 1. The smallest absolute Gasteiger partial charge is 0.243 e. The number of rotatable bonds is 4. The van der Waals surface area contributed by atoms with Crippen molar-refractivity contribution in [2.45, 2.75) is 18.9 Å². The molecule has 1 aliphatic carbocycles. The van der Waals surface area contributed by atoms with E-state index in [1.165, 1.54) is 12.8 Å². The van der Waals surface area contributed by atoms with E-state index in [2.05, 4.69) is 20.5 Å². The molecule has 0 amide bonds. The van der Waals surface area contributed by atoms with Crippen LogP contribution in [0.1, 0.15) is 12.8 Å². The van der Waals surface area contributed by atoms with E-state index in [1.807, 2.05) is 24.3 Å². The molecule has 0 radical (unpaired) electrons. The van der Waals surface area contributed by atoms with Gasteiger partial charge in [0, 0.05) is 12.6 Å². The van der Waals surface area contributed by atoms with Crippen molar-refractivity contribution >= 4 is 17.0 Å². The second kappa shape index (κ2) is 4.25. The lowest BCUT2D eigenvalue weighted by molar-refractivity contribution is 0.618. The van der Waals surface area contributed by atoms with Gasteiger partial charge in [0.25, 0.3) is 0 Å². The van der Waals surface area contributed by atoms with Crippen LogP contribution in [0.25, 0.3) is 11.0 Å². The molecule has 17 heavy (non-hydrogen) atoms. The average Bonchev–Trinajstić information content (AvgIpc) is 3.20. The zero-order valence-corrected chi connectivity index (χ0v) is 9.50. The van der Waals surface area contributed by atoms with Crippen molar-refractivity contribution in [2.75, 3.05) is 11.9 Å². The van der Waals surface area contributed by atoms with Gasteiger partial charge < -0.3 is 11.1 Å². The van der Waals surface area contributed by atoms with E-state index in [9.17, 15) is 0 Å². The normalized spacial score (nSPS) is 17.0. The number of benzene rings is 1. The van der Waals surface area contributed by atoms with Gasteiger partial charge in [0.15, 0.2) is 0 Å². The van der Waals surface area contributed by atoms with Gasteiger partial charge in [-0.1, -0.05) is 12.1 Å². The van der Waals surface area contributed by atoms with Gasteiger partial charge in [-0.2, -0.15) is 0 Å². The van der Waals surface area contributed by atoms with Gasteiger partial charge in [-0.25, -0.2) is 4.98 Å². The first kappa shape index (κ1) is 10.4. The van der Waals surface area contributed by atoms with Crippen LogP contribution in [0.5, 0.6) is 0 Å². The molecule has 1 aliphatic rings. The fourth-order valence-electron chi connectivity index (χ4n) is 1.86. The van der Waals surface area contributed by atoms with Crippen LogP contribution in [0.15, 0.2) is 24.3 Å². The highest BCUT2D eigenvalue weighted by Crippen LogP contribution is 2.31. The van der Waals surface area contributed by atoms with E-state index in [4.69, 9.17) is 5.73 Å². The van der Waals surface area contributed by atoms with Crippen LogP contribution < -0.4 is 11.1 Å². The lowest BCUT2D eigenvalue weighted by atomic mass is 10.2. The molecule has 1 aromatic heterocycles. The lowest BCUT2D eigenvalue weighted by Crippen LogP contribution is -2.31. The van der Waals surface area contributed by atoms with Gasteiger partial charge in [-0.15, -0.1) is 10.2 Å². The van der Waals surface area contributed by atoms with Gasteiger partial charge in [-0.3, -0.25) is 0 Å². The minimum absolute atomic E-state index is 0.199. The topological polar surface area (TPSA) is 76.7 Å². The summed E-state index contributed by atoms with van der Waals surface area (Å²) in [6.45, 7) is 0.713. The van der Waals surface area contributed by atoms with E-state index in [0.717, 1.165) is 11.0 Å². The summed E-state index contributed by atoms with van der Waals surface area (Å²) >= 11 is 0. The fraction of sp³-hybridized carbons (Fsp3) is 0.417. The Balaban J connectivity index is 1.71. The van der Waals surface area contributed by atoms with E-state index in [-0.39, 0.29) is 6.04 Å². The summed E-state index contributed by atoms with van der Waals surface area (Å²) in [5.41, 5.74) is 7.66. The van der Waals surface area contributed by atoms with Crippen molar-refractivity contribution in [1.82, 2.24) is 15.2 Å². The number of para-hydroxylation sites is 1.